The number of hydrogen-bond acceptors (Lipinski definition) is 2. The van der Waals surface area contributed by atoms with E-state index in [-0.39, 0.29) is 11.7 Å². The van der Waals surface area contributed by atoms with Crippen molar-refractivity contribution in [1.29, 1.82) is 5.41 Å². The molecule has 82 valence electrons. The van der Waals surface area contributed by atoms with E-state index >= 15 is 0 Å². The van der Waals surface area contributed by atoms with Crippen molar-refractivity contribution in [2.75, 3.05) is 0 Å². The number of rotatable bonds is 3. The zero-order chi connectivity index (χ0) is 11.5. The third kappa shape index (κ3) is 2.08. The monoisotopic (exact) mass is 218 g/mol. The highest BCUT2D eigenvalue weighted by atomic mass is 19.1. The molecule has 0 radical (unpaired) electrons. The van der Waals surface area contributed by atoms with Crippen LogP contribution < -0.4 is 5.73 Å². The molecule has 2 rings (SSSR count). The number of hydrogen-bond donors (Lipinski definition) is 2. The van der Waals surface area contributed by atoms with Gasteiger partial charge in [0.1, 0.15) is 11.7 Å². The lowest BCUT2D eigenvalue weighted by atomic mass is 10.1. The molecule has 3 N–H and O–H groups in total. The van der Waals surface area contributed by atoms with E-state index in [9.17, 15) is 4.39 Å². The lowest BCUT2D eigenvalue weighted by Gasteiger charge is -2.05. The molecule has 16 heavy (non-hydrogen) atoms. The molecule has 1 aromatic carbocycles. The van der Waals surface area contributed by atoms with E-state index < -0.39 is 0 Å². The van der Waals surface area contributed by atoms with Crippen molar-refractivity contribution < 1.29 is 4.39 Å². The van der Waals surface area contributed by atoms with Crippen molar-refractivity contribution in [1.82, 2.24) is 9.78 Å². The Balaban J connectivity index is 2.26. The van der Waals surface area contributed by atoms with Crippen molar-refractivity contribution in [3.63, 3.8) is 0 Å². The van der Waals surface area contributed by atoms with E-state index in [4.69, 9.17) is 11.1 Å². The van der Waals surface area contributed by atoms with Crippen LogP contribution in [0, 0.1) is 11.2 Å². The molecule has 0 aliphatic carbocycles. The molecule has 5 heteroatoms. The molecule has 0 saturated heterocycles. The summed E-state index contributed by atoms with van der Waals surface area (Å²) in [5.74, 6) is -0.507. The molecule has 1 aromatic heterocycles. The van der Waals surface area contributed by atoms with Crippen LogP contribution in [0.15, 0.2) is 36.7 Å². The maximum Gasteiger partial charge on any atom is 0.129 e. The molecule has 0 spiro atoms. The molecule has 0 amide bonds. The van der Waals surface area contributed by atoms with Gasteiger partial charge in [-0.15, -0.1) is 0 Å². The van der Waals surface area contributed by atoms with Crippen LogP contribution in [-0.2, 0) is 6.54 Å². The van der Waals surface area contributed by atoms with E-state index in [1.807, 2.05) is 0 Å². The highest BCUT2D eigenvalue weighted by molar-refractivity contribution is 5.94. The van der Waals surface area contributed by atoms with Crippen LogP contribution in [0.25, 0.3) is 0 Å². The van der Waals surface area contributed by atoms with Gasteiger partial charge in [-0.05, 0) is 12.1 Å². The fourth-order valence-electron chi connectivity index (χ4n) is 1.41. The largest absolute Gasteiger partial charge is 0.384 e. The van der Waals surface area contributed by atoms with E-state index in [0.29, 0.717) is 17.7 Å². The smallest absolute Gasteiger partial charge is 0.129 e. The quantitative estimate of drug-likeness (QED) is 0.603. The average Bonchev–Trinajstić information content (AvgIpc) is 2.73. The average molecular weight is 218 g/mol. The molecular formula is C11H11FN4. The Hall–Kier alpha value is -2.17. The van der Waals surface area contributed by atoms with E-state index in [1.165, 1.54) is 6.07 Å². The van der Waals surface area contributed by atoms with Gasteiger partial charge in [0.05, 0.1) is 6.54 Å². The zero-order valence-electron chi connectivity index (χ0n) is 8.52. The van der Waals surface area contributed by atoms with Gasteiger partial charge in [-0.1, -0.05) is 12.1 Å². The highest BCUT2D eigenvalue weighted by Crippen LogP contribution is 2.11. The first kappa shape index (κ1) is 10.4. The van der Waals surface area contributed by atoms with E-state index in [2.05, 4.69) is 5.10 Å². The van der Waals surface area contributed by atoms with Crippen LogP contribution in [0.1, 0.15) is 11.1 Å². The first-order valence-electron chi connectivity index (χ1n) is 4.77. The molecule has 0 aliphatic rings. The minimum atomic E-state index is -0.372. The SMILES string of the molecule is N=C(N)c1ccc(Cn2cccn2)c(F)c1. The molecule has 0 unspecified atom stereocenters. The second-order valence-corrected chi connectivity index (χ2v) is 3.42. The third-order valence-electron chi connectivity index (χ3n) is 2.26. The Morgan fingerprint density at radius 2 is 2.31 bits per heavy atom. The number of nitrogens with one attached hydrogen (secondary N) is 1. The maximum absolute atomic E-state index is 13.6. The normalized spacial score (nSPS) is 10.3. The second-order valence-electron chi connectivity index (χ2n) is 3.42. The summed E-state index contributed by atoms with van der Waals surface area (Å²) in [5, 5.41) is 11.2. The van der Waals surface area contributed by atoms with Crippen molar-refractivity contribution in [3.8, 4) is 0 Å². The lowest BCUT2D eigenvalue weighted by molar-refractivity contribution is 0.585. The Labute approximate surface area is 92.0 Å². The van der Waals surface area contributed by atoms with Gasteiger partial charge in [-0.2, -0.15) is 5.10 Å². The summed E-state index contributed by atoms with van der Waals surface area (Å²) in [5.41, 5.74) is 6.18. The summed E-state index contributed by atoms with van der Waals surface area (Å²) in [6.07, 6.45) is 3.40. The first-order valence-corrected chi connectivity index (χ1v) is 4.77. The summed E-state index contributed by atoms with van der Waals surface area (Å²) >= 11 is 0. The van der Waals surface area contributed by atoms with Gasteiger partial charge in [0, 0.05) is 23.5 Å². The van der Waals surface area contributed by atoms with E-state index in [0.717, 1.165) is 0 Å². The minimum Gasteiger partial charge on any atom is -0.384 e. The Bertz CT molecular complexity index is 505. The predicted molar refractivity (Wildman–Crippen MR) is 58.7 cm³/mol. The Morgan fingerprint density at radius 1 is 1.50 bits per heavy atom. The molecule has 1 heterocycles. The number of nitrogens with zero attached hydrogens (tertiary/aromatic N) is 2. The van der Waals surface area contributed by atoms with Crippen LogP contribution >= 0.6 is 0 Å². The zero-order valence-corrected chi connectivity index (χ0v) is 8.52. The topological polar surface area (TPSA) is 67.7 Å². The predicted octanol–water partition coefficient (Wildman–Crippen LogP) is 1.35. The summed E-state index contributed by atoms with van der Waals surface area (Å²) < 4.78 is 15.2. The molecule has 0 aliphatic heterocycles. The number of amidine groups is 1. The van der Waals surface area contributed by atoms with Gasteiger partial charge >= 0.3 is 0 Å². The molecule has 0 saturated carbocycles. The van der Waals surface area contributed by atoms with Gasteiger partial charge in [-0.3, -0.25) is 10.1 Å². The fraction of sp³-hybridized carbons (Fsp3) is 0.0909. The fourth-order valence-corrected chi connectivity index (χ4v) is 1.41. The van der Waals surface area contributed by atoms with Gasteiger partial charge in [0.15, 0.2) is 0 Å². The maximum atomic E-state index is 13.6. The van der Waals surface area contributed by atoms with Crippen molar-refractivity contribution in [2.24, 2.45) is 5.73 Å². The van der Waals surface area contributed by atoms with Gasteiger partial charge in [0.25, 0.3) is 0 Å². The van der Waals surface area contributed by atoms with Crippen molar-refractivity contribution >= 4 is 5.84 Å². The number of nitrogen functional groups attached to an aromatic ring is 1. The lowest BCUT2D eigenvalue weighted by Crippen LogP contribution is -2.12. The van der Waals surface area contributed by atoms with Gasteiger partial charge < -0.3 is 5.73 Å². The molecule has 0 bridgehead atoms. The third-order valence-corrected chi connectivity index (χ3v) is 2.26. The number of benzene rings is 1. The Kier molecular flexibility index (Phi) is 2.68. The summed E-state index contributed by atoms with van der Waals surface area (Å²) in [6, 6.07) is 6.29. The van der Waals surface area contributed by atoms with Crippen LogP contribution in [-0.4, -0.2) is 15.6 Å². The van der Waals surface area contributed by atoms with Crippen LogP contribution in [0.5, 0.6) is 0 Å². The van der Waals surface area contributed by atoms with Crippen LogP contribution in [0.3, 0.4) is 0 Å². The summed E-state index contributed by atoms with van der Waals surface area (Å²) in [4.78, 5) is 0. The van der Waals surface area contributed by atoms with Crippen LogP contribution in [0.2, 0.25) is 0 Å². The first-order chi connectivity index (χ1) is 7.66. The number of halogens is 1. The molecule has 0 atom stereocenters. The summed E-state index contributed by atoms with van der Waals surface area (Å²) in [7, 11) is 0. The number of aromatic nitrogens is 2. The minimum absolute atomic E-state index is 0.135. The molecular weight excluding hydrogens is 207 g/mol. The number of nitrogens with two attached hydrogens (primary N) is 1. The van der Waals surface area contributed by atoms with Crippen molar-refractivity contribution in [3.05, 3.63) is 53.6 Å². The summed E-state index contributed by atoms with van der Waals surface area (Å²) in [6.45, 7) is 0.372. The molecule has 4 nitrogen and oxygen atoms in total. The van der Waals surface area contributed by atoms with Gasteiger partial charge in [0.2, 0.25) is 0 Å². The van der Waals surface area contributed by atoms with Crippen LogP contribution in [0.4, 0.5) is 4.39 Å². The van der Waals surface area contributed by atoms with Crippen molar-refractivity contribution in [2.45, 2.75) is 6.54 Å². The molecule has 2 aromatic rings. The molecule has 0 fully saturated rings. The highest BCUT2D eigenvalue weighted by Gasteiger charge is 2.05. The Morgan fingerprint density at radius 3 is 2.88 bits per heavy atom. The van der Waals surface area contributed by atoms with E-state index in [1.54, 1.807) is 35.3 Å². The standard InChI is InChI=1S/C11H11FN4/c12-10-6-8(11(13)14)2-3-9(10)7-16-5-1-4-15-16/h1-6H,7H2,(H3,13,14). The van der Waals surface area contributed by atoms with Gasteiger partial charge in [-0.25, -0.2) is 4.39 Å². The second kappa shape index (κ2) is 4.14.